The van der Waals surface area contributed by atoms with Crippen LogP contribution in [0.15, 0.2) is 72.8 Å². The molecule has 0 N–H and O–H groups in total. The molecule has 1 atom stereocenters. The summed E-state index contributed by atoms with van der Waals surface area (Å²) in [7, 11) is 0. The second kappa shape index (κ2) is 9.88. The van der Waals surface area contributed by atoms with E-state index in [1.807, 2.05) is 62.1 Å². The quantitative estimate of drug-likeness (QED) is 0.396. The number of carbonyl (C=O) groups is 1. The first-order valence-electron chi connectivity index (χ1n) is 11.3. The summed E-state index contributed by atoms with van der Waals surface area (Å²) in [6.45, 7) is 8.60. The lowest BCUT2D eigenvalue weighted by Crippen LogP contribution is -2.46. The molecule has 0 saturated heterocycles. The first-order valence-corrected chi connectivity index (χ1v) is 11.3. The molecule has 32 heavy (non-hydrogen) atoms. The smallest absolute Gasteiger partial charge is 0.239 e. The van der Waals surface area contributed by atoms with Crippen molar-refractivity contribution in [3.63, 3.8) is 0 Å². The van der Waals surface area contributed by atoms with Gasteiger partial charge in [0.25, 0.3) is 0 Å². The monoisotopic (exact) mass is 426 g/mol. The van der Waals surface area contributed by atoms with Crippen LogP contribution in [-0.2, 0) is 17.9 Å². The lowest BCUT2D eigenvalue weighted by molar-refractivity contribution is -0.136. The molecule has 2 aromatic heterocycles. The summed E-state index contributed by atoms with van der Waals surface area (Å²) in [6.07, 6.45) is 0. The fraction of sp³-hybridized carbons (Fsp3) is 0.296. The van der Waals surface area contributed by atoms with Gasteiger partial charge in [-0.15, -0.1) is 0 Å². The Hall–Kier alpha value is -3.31. The van der Waals surface area contributed by atoms with E-state index in [9.17, 15) is 4.79 Å². The lowest BCUT2D eigenvalue weighted by Gasteiger charge is -2.31. The summed E-state index contributed by atoms with van der Waals surface area (Å²) < 4.78 is 0. The zero-order chi connectivity index (χ0) is 22.5. The first-order chi connectivity index (χ1) is 15.6. The molecular formula is C27H30N4O. The van der Waals surface area contributed by atoms with Gasteiger partial charge in [-0.05, 0) is 45.0 Å². The van der Waals surface area contributed by atoms with Crippen LogP contribution in [0.4, 0.5) is 0 Å². The Labute approximate surface area is 189 Å². The number of benzene rings is 2. The van der Waals surface area contributed by atoms with Crippen molar-refractivity contribution >= 4 is 27.7 Å². The maximum atomic E-state index is 13.2. The average molecular weight is 427 g/mol. The van der Waals surface area contributed by atoms with Gasteiger partial charge in [0.05, 0.1) is 28.5 Å². The number of aromatic nitrogens is 2. The van der Waals surface area contributed by atoms with Crippen LogP contribution in [-0.4, -0.2) is 44.8 Å². The highest BCUT2D eigenvalue weighted by Crippen LogP contribution is 2.18. The van der Waals surface area contributed by atoms with E-state index in [-0.39, 0.29) is 11.9 Å². The molecule has 1 amide bonds. The predicted octanol–water partition coefficient (Wildman–Crippen LogP) is 5.04. The molecule has 5 heteroatoms. The molecule has 4 rings (SSSR count). The van der Waals surface area contributed by atoms with Crippen molar-refractivity contribution in [2.24, 2.45) is 0 Å². The Morgan fingerprint density at radius 2 is 1.22 bits per heavy atom. The van der Waals surface area contributed by atoms with Gasteiger partial charge < -0.3 is 4.90 Å². The molecule has 4 aromatic rings. The van der Waals surface area contributed by atoms with E-state index in [2.05, 4.69) is 41.3 Å². The molecule has 164 valence electrons. The van der Waals surface area contributed by atoms with Crippen molar-refractivity contribution in [1.29, 1.82) is 0 Å². The fourth-order valence-corrected chi connectivity index (χ4v) is 4.09. The summed E-state index contributed by atoms with van der Waals surface area (Å²) >= 11 is 0. The van der Waals surface area contributed by atoms with Crippen LogP contribution in [0.2, 0.25) is 0 Å². The van der Waals surface area contributed by atoms with Crippen LogP contribution in [0.5, 0.6) is 0 Å². The number of likely N-dealkylation sites (N-methyl/N-ethyl adjacent to an activating group) is 1. The maximum Gasteiger partial charge on any atom is 0.239 e. The van der Waals surface area contributed by atoms with Gasteiger partial charge in [0.1, 0.15) is 0 Å². The molecule has 0 radical (unpaired) electrons. The second-order valence-electron chi connectivity index (χ2n) is 8.08. The van der Waals surface area contributed by atoms with Crippen molar-refractivity contribution in [3.8, 4) is 0 Å². The van der Waals surface area contributed by atoms with Crippen LogP contribution in [0.1, 0.15) is 32.2 Å². The number of nitrogens with zero attached hydrogens (tertiary/aromatic N) is 4. The Kier molecular flexibility index (Phi) is 6.76. The standard InChI is InChI=1S/C27H30N4O/c1-4-30(5-2)27(32)20(3)31(18-23-16-14-21-10-6-8-12-25(21)28-23)19-24-17-15-22-11-7-9-13-26(22)29-24/h6-17,20H,4-5,18-19H2,1-3H3/t20-/m0/s1. The van der Waals surface area contributed by atoms with Gasteiger partial charge in [0.15, 0.2) is 0 Å². The van der Waals surface area contributed by atoms with Crippen molar-refractivity contribution in [1.82, 2.24) is 19.8 Å². The molecule has 0 saturated carbocycles. The van der Waals surface area contributed by atoms with E-state index in [1.165, 1.54) is 0 Å². The second-order valence-corrected chi connectivity index (χ2v) is 8.08. The molecule has 2 aromatic carbocycles. The molecular weight excluding hydrogens is 396 g/mol. The summed E-state index contributed by atoms with van der Waals surface area (Å²) in [5.74, 6) is 0.136. The van der Waals surface area contributed by atoms with Gasteiger partial charge in [-0.3, -0.25) is 19.7 Å². The van der Waals surface area contributed by atoms with E-state index < -0.39 is 0 Å². The van der Waals surface area contributed by atoms with Crippen molar-refractivity contribution in [2.45, 2.75) is 39.9 Å². The normalized spacial score (nSPS) is 12.4. The molecule has 0 aliphatic carbocycles. The number of hydrogen-bond donors (Lipinski definition) is 0. The molecule has 0 unspecified atom stereocenters. The summed E-state index contributed by atoms with van der Waals surface area (Å²) in [6, 6.07) is 24.2. The fourth-order valence-electron chi connectivity index (χ4n) is 4.09. The number of hydrogen-bond acceptors (Lipinski definition) is 4. The summed E-state index contributed by atoms with van der Waals surface area (Å²) in [4.78, 5) is 27.0. The van der Waals surface area contributed by atoms with E-state index in [0.717, 1.165) is 33.2 Å². The summed E-state index contributed by atoms with van der Waals surface area (Å²) in [5.41, 5.74) is 3.83. The van der Waals surface area contributed by atoms with Crippen molar-refractivity contribution in [3.05, 3.63) is 84.2 Å². The van der Waals surface area contributed by atoms with E-state index in [4.69, 9.17) is 9.97 Å². The van der Waals surface area contributed by atoms with Gasteiger partial charge in [-0.1, -0.05) is 48.5 Å². The van der Waals surface area contributed by atoms with Crippen molar-refractivity contribution in [2.75, 3.05) is 13.1 Å². The summed E-state index contributed by atoms with van der Waals surface area (Å²) in [5, 5.41) is 2.23. The van der Waals surface area contributed by atoms with Crippen molar-refractivity contribution < 1.29 is 4.79 Å². The minimum Gasteiger partial charge on any atom is -0.342 e. The Morgan fingerprint density at radius 1 is 0.750 bits per heavy atom. The third kappa shape index (κ3) is 4.78. The Morgan fingerprint density at radius 3 is 1.69 bits per heavy atom. The predicted molar refractivity (Wildman–Crippen MR) is 130 cm³/mol. The lowest BCUT2D eigenvalue weighted by atomic mass is 10.1. The molecule has 0 spiro atoms. The molecule has 5 nitrogen and oxygen atoms in total. The van der Waals surface area contributed by atoms with E-state index >= 15 is 0 Å². The van der Waals surface area contributed by atoms with Gasteiger partial charge in [-0.25, -0.2) is 0 Å². The minimum atomic E-state index is -0.281. The third-order valence-corrected chi connectivity index (χ3v) is 6.02. The van der Waals surface area contributed by atoms with Crippen LogP contribution in [0, 0.1) is 0 Å². The number of carbonyl (C=O) groups excluding carboxylic acids is 1. The maximum absolute atomic E-state index is 13.2. The highest BCUT2D eigenvalue weighted by molar-refractivity contribution is 5.82. The zero-order valence-corrected chi connectivity index (χ0v) is 19.0. The van der Waals surface area contributed by atoms with Crippen LogP contribution in [0.25, 0.3) is 21.8 Å². The largest absolute Gasteiger partial charge is 0.342 e. The number of rotatable bonds is 8. The molecule has 0 fully saturated rings. The first kappa shape index (κ1) is 21.9. The number of fused-ring (bicyclic) bond motifs is 2. The minimum absolute atomic E-state index is 0.136. The van der Waals surface area contributed by atoms with Gasteiger partial charge in [0.2, 0.25) is 5.91 Å². The van der Waals surface area contributed by atoms with Crippen LogP contribution >= 0.6 is 0 Å². The third-order valence-electron chi connectivity index (χ3n) is 6.02. The molecule has 2 heterocycles. The highest BCUT2D eigenvalue weighted by atomic mass is 16.2. The number of para-hydroxylation sites is 2. The average Bonchev–Trinajstić information content (AvgIpc) is 2.83. The van der Waals surface area contributed by atoms with E-state index in [1.54, 1.807) is 0 Å². The molecule has 0 aliphatic rings. The van der Waals surface area contributed by atoms with Gasteiger partial charge in [-0.2, -0.15) is 0 Å². The van der Waals surface area contributed by atoms with Gasteiger partial charge >= 0.3 is 0 Å². The van der Waals surface area contributed by atoms with Gasteiger partial charge in [0, 0.05) is 37.0 Å². The Bertz CT molecular complexity index is 1140. The zero-order valence-electron chi connectivity index (χ0n) is 19.0. The number of amides is 1. The molecule has 0 aliphatic heterocycles. The van der Waals surface area contributed by atoms with Crippen LogP contribution in [0.3, 0.4) is 0 Å². The SMILES string of the molecule is CCN(CC)C(=O)[C@H](C)N(Cc1ccc2ccccc2n1)Cc1ccc2ccccc2n1. The molecule has 0 bridgehead atoms. The number of pyridine rings is 2. The topological polar surface area (TPSA) is 49.3 Å². The highest BCUT2D eigenvalue weighted by Gasteiger charge is 2.26. The Balaban J connectivity index is 1.64. The van der Waals surface area contributed by atoms with Crippen LogP contribution < -0.4 is 0 Å². The van der Waals surface area contributed by atoms with E-state index in [0.29, 0.717) is 26.2 Å².